The molecule has 0 saturated heterocycles. The SMILES string of the molecule is CC.CC.CC.CC.CC.CC.CC.CC.CC.CC.CC.Cc1ccccc1.Cc1ccccn1.Cc1cccnc1.Cc1ccncc1.Cc1ccsc1C.Cc1ccsc1C. The van der Waals surface area contributed by atoms with Crippen LogP contribution >= 0.6 is 22.7 Å². The molecule has 64 heavy (non-hydrogen) atoms. The first-order valence-electron chi connectivity index (χ1n) is 24.8. The van der Waals surface area contributed by atoms with E-state index in [4.69, 9.17) is 0 Å². The average Bonchev–Trinajstić information content (AvgIpc) is 3.98. The molecular formula is C59H111N3S2. The Morgan fingerprint density at radius 2 is 0.641 bits per heavy atom. The molecule has 6 rings (SSSR count). The van der Waals surface area contributed by atoms with Crippen molar-refractivity contribution < 1.29 is 0 Å². The topological polar surface area (TPSA) is 38.7 Å². The summed E-state index contributed by atoms with van der Waals surface area (Å²) in [6.07, 6.45) is 8.97. The lowest BCUT2D eigenvalue weighted by atomic mass is 10.2. The van der Waals surface area contributed by atoms with E-state index in [9.17, 15) is 0 Å². The number of aromatic nitrogens is 3. The van der Waals surface area contributed by atoms with Gasteiger partial charge in [0.25, 0.3) is 0 Å². The van der Waals surface area contributed by atoms with Crippen molar-refractivity contribution in [1.82, 2.24) is 15.0 Å². The maximum absolute atomic E-state index is 3.98. The molecule has 0 fully saturated rings. The van der Waals surface area contributed by atoms with Crippen molar-refractivity contribution in [2.75, 3.05) is 0 Å². The maximum Gasteiger partial charge on any atom is 0.0372 e. The highest BCUT2D eigenvalue weighted by molar-refractivity contribution is 7.10. The van der Waals surface area contributed by atoms with Crippen LogP contribution in [0.25, 0.3) is 0 Å². The molecule has 0 amide bonds. The lowest BCUT2D eigenvalue weighted by molar-refractivity contribution is 1.20. The summed E-state index contributed by atoms with van der Waals surface area (Å²) < 4.78 is 0. The highest BCUT2D eigenvalue weighted by Crippen LogP contribution is 2.12. The van der Waals surface area contributed by atoms with Crippen LogP contribution < -0.4 is 0 Å². The summed E-state index contributed by atoms with van der Waals surface area (Å²) in [6.45, 7) is 60.7. The summed E-state index contributed by atoms with van der Waals surface area (Å²) in [6, 6.07) is 28.3. The molecule has 0 N–H and O–H groups in total. The van der Waals surface area contributed by atoms with Gasteiger partial charge in [-0.3, -0.25) is 15.0 Å². The van der Waals surface area contributed by atoms with Gasteiger partial charge in [0, 0.05) is 46.4 Å². The van der Waals surface area contributed by atoms with Crippen molar-refractivity contribution in [2.45, 2.75) is 208 Å². The van der Waals surface area contributed by atoms with E-state index in [1.807, 2.05) is 240 Å². The van der Waals surface area contributed by atoms with Gasteiger partial charge in [-0.05, 0) is 131 Å². The second-order valence-electron chi connectivity index (χ2n) is 9.50. The lowest BCUT2D eigenvalue weighted by Gasteiger charge is -1.82. The molecule has 0 spiro atoms. The zero-order valence-corrected chi connectivity index (χ0v) is 49.9. The first kappa shape index (κ1) is 87.0. The summed E-state index contributed by atoms with van der Waals surface area (Å²) in [5.74, 6) is 0. The molecule has 0 atom stereocenters. The normalized spacial score (nSPS) is 6.91. The first-order valence-corrected chi connectivity index (χ1v) is 26.6. The van der Waals surface area contributed by atoms with Crippen LogP contribution in [0.15, 0.2) is 127 Å². The summed E-state index contributed by atoms with van der Waals surface area (Å²) in [7, 11) is 0. The van der Waals surface area contributed by atoms with Crippen LogP contribution in [0, 0.1) is 55.4 Å². The van der Waals surface area contributed by atoms with Crippen LogP contribution in [-0.4, -0.2) is 15.0 Å². The Bertz CT molecular complexity index is 1210. The quantitative estimate of drug-likeness (QED) is 0.152. The molecule has 0 saturated carbocycles. The third-order valence-electron chi connectivity index (χ3n) is 5.65. The molecule has 0 bridgehead atoms. The summed E-state index contributed by atoms with van der Waals surface area (Å²) in [5, 5.41) is 4.23. The van der Waals surface area contributed by atoms with Crippen molar-refractivity contribution >= 4 is 22.7 Å². The number of hydrogen-bond donors (Lipinski definition) is 0. The Kier molecular flexibility index (Phi) is 128. The van der Waals surface area contributed by atoms with Crippen molar-refractivity contribution in [3.8, 4) is 0 Å². The zero-order chi connectivity index (χ0) is 53.0. The number of nitrogens with zero attached hydrogens (tertiary/aromatic N) is 3. The summed E-state index contributed by atoms with van der Waals surface area (Å²) in [4.78, 5) is 14.6. The first-order chi connectivity index (χ1) is 31.2. The van der Waals surface area contributed by atoms with Gasteiger partial charge < -0.3 is 0 Å². The zero-order valence-electron chi connectivity index (χ0n) is 48.3. The van der Waals surface area contributed by atoms with Crippen LogP contribution in [0.2, 0.25) is 0 Å². The molecule has 1 aromatic carbocycles. The molecule has 374 valence electrons. The summed E-state index contributed by atoms with van der Waals surface area (Å²) >= 11 is 3.61. The fraction of sp³-hybridized carbons (Fsp3) is 0.508. The van der Waals surface area contributed by atoms with Gasteiger partial charge in [0.05, 0.1) is 0 Å². The third-order valence-corrected chi connectivity index (χ3v) is 7.54. The third kappa shape index (κ3) is 81.9. The van der Waals surface area contributed by atoms with E-state index in [2.05, 4.69) is 84.6 Å². The van der Waals surface area contributed by atoms with E-state index in [0.29, 0.717) is 0 Å². The predicted octanol–water partition coefficient (Wildman–Crippen LogP) is 22.2. The molecule has 0 aliphatic carbocycles. The largest absolute Gasteiger partial charge is 0.265 e. The van der Waals surface area contributed by atoms with E-state index in [1.165, 1.54) is 37.6 Å². The monoisotopic (exact) mass is 926 g/mol. The molecule has 5 heteroatoms. The summed E-state index contributed by atoms with van der Waals surface area (Å²) in [5.41, 5.74) is 7.68. The van der Waals surface area contributed by atoms with Gasteiger partial charge >= 0.3 is 0 Å². The van der Waals surface area contributed by atoms with Gasteiger partial charge in [-0.25, -0.2) is 0 Å². The van der Waals surface area contributed by atoms with Gasteiger partial charge in [0.1, 0.15) is 0 Å². The Morgan fingerprint density at radius 1 is 0.297 bits per heavy atom. The van der Waals surface area contributed by atoms with Crippen LogP contribution in [0.3, 0.4) is 0 Å². The molecule has 5 aromatic heterocycles. The molecule has 3 nitrogen and oxygen atoms in total. The van der Waals surface area contributed by atoms with Gasteiger partial charge in [-0.1, -0.05) is 200 Å². The minimum Gasteiger partial charge on any atom is -0.265 e. The minimum absolute atomic E-state index is 1.07. The van der Waals surface area contributed by atoms with Crippen LogP contribution in [-0.2, 0) is 0 Å². The molecule has 0 aliphatic rings. The van der Waals surface area contributed by atoms with Gasteiger partial charge in [0.2, 0.25) is 0 Å². The molecule has 0 radical (unpaired) electrons. The van der Waals surface area contributed by atoms with Crippen molar-refractivity contribution in [1.29, 1.82) is 0 Å². The Morgan fingerprint density at radius 3 is 0.781 bits per heavy atom. The standard InChI is InChI=1S/C7H8.3C6H7N.2C6H8S.11C2H6/c1-7-5-3-2-4-6-7;1-6-2-4-7-5-3-6;1-6-3-2-4-7-5-6;1-6-4-2-3-5-7-6;2*1-5-3-4-7-6(5)2;11*1-2/h2-6H,1H3;3*2-5H,1H3;2*3-4H,1-2H3;11*1-2H3. The molecule has 0 aliphatic heterocycles. The van der Waals surface area contributed by atoms with E-state index in [0.717, 1.165) is 5.69 Å². The number of thiophene rings is 2. The van der Waals surface area contributed by atoms with Gasteiger partial charge in [-0.15, -0.1) is 22.7 Å². The van der Waals surface area contributed by atoms with Crippen molar-refractivity contribution in [3.63, 3.8) is 0 Å². The minimum atomic E-state index is 1.07. The van der Waals surface area contributed by atoms with E-state index in [1.54, 1.807) is 47.5 Å². The fourth-order valence-electron chi connectivity index (χ4n) is 2.75. The smallest absolute Gasteiger partial charge is 0.0372 e. The molecule has 5 heterocycles. The van der Waals surface area contributed by atoms with Crippen molar-refractivity contribution in [3.05, 3.63) is 170 Å². The Hall–Kier alpha value is -3.93. The second kappa shape index (κ2) is 93.8. The maximum atomic E-state index is 3.98. The van der Waals surface area contributed by atoms with Gasteiger partial charge in [-0.2, -0.15) is 0 Å². The number of rotatable bonds is 0. The van der Waals surface area contributed by atoms with Gasteiger partial charge in [0.15, 0.2) is 0 Å². The second-order valence-corrected chi connectivity index (χ2v) is 11.7. The van der Waals surface area contributed by atoms with E-state index in [-0.39, 0.29) is 0 Å². The number of pyridine rings is 3. The molecular weight excluding hydrogens is 815 g/mol. The Balaban J connectivity index is -0.0000000538. The van der Waals surface area contributed by atoms with E-state index >= 15 is 0 Å². The van der Waals surface area contributed by atoms with Crippen molar-refractivity contribution in [2.24, 2.45) is 0 Å². The highest BCUT2D eigenvalue weighted by atomic mass is 32.1. The van der Waals surface area contributed by atoms with E-state index < -0.39 is 0 Å². The lowest BCUT2D eigenvalue weighted by Crippen LogP contribution is -1.72. The Labute approximate surface area is 413 Å². The number of benzene rings is 1. The van der Waals surface area contributed by atoms with Crippen LogP contribution in [0.4, 0.5) is 0 Å². The number of hydrogen-bond acceptors (Lipinski definition) is 5. The predicted molar refractivity (Wildman–Crippen MR) is 311 cm³/mol. The molecule has 0 unspecified atom stereocenters. The highest BCUT2D eigenvalue weighted by Gasteiger charge is 1.87. The van der Waals surface area contributed by atoms with Crippen LogP contribution in [0.1, 0.15) is 196 Å². The van der Waals surface area contributed by atoms with Crippen LogP contribution in [0.5, 0.6) is 0 Å². The number of aryl methyl sites for hydroxylation is 8. The fourth-order valence-corrected chi connectivity index (χ4v) is 4.21. The average molecular weight is 927 g/mol. The molecule has 6 aromatic rings.